The predicted molar refractivity (Wildman–Crippen MR) is 135 cm³/mol. The number of nitrogens with zero attached hydrogens (tertiary/aromatic N) is 6. The van der Waals surface area contributed by atoms with Crippen LogP contribution in [0.2, 0.25) is 0 Å². The van der Waals surface area contributed by atoms with Crippen molar-refractivity contribution in [3.05, 3.63) is 70.0 Å². The molecule has 1 saturated heterocycles. The Labute approximate surface area is 207 Å². The van der Waals surface area contributed by atoms with E-state index in [9.17, 15) is 18.9 Å². The molecule has 4 aromatic rings. The topological polar surface area (TPSA) is 80.3 Å². The first kappa shape index (κ1) is 24.1. The molecule has 0 unspecified atom stereocenters. The molecule has 0 aliphatic carbocycles. The minimum atomic E-state index is -0.830. The van der Waals surface area contributed by atoms with Gasteiger partial charge in [-0.05, 0) is 36.1 Å². The van der Waals surface area contributed by atoms with Gasteiger partial charge in [-0.15, -0.1) is 0 Å². The van der Waals surface area contributed by atoms with E-state index in [1.54, 1.807) is 12.1 Å². The fraction of sp³-hybridized carbons (Fsp3) is 0.385. The van der Waals surface area contributed by atoms with Crippen LogP contribution < -0.4 is 4.90 Å². The van der Waals surface area contributed by atoms with Gasteiger partial charge in [0.2, 0.25) is 0 Å². The molecule has 8 nitrogen and oxygen atoms in total. The normalized spacial score (nSPS) is 14.9. The Morgan fingerprint density at radius 2 is 1.83 bits per heavy atom. The highest BCUT2D eigenvalue weighted by Crippen LogP contribution is 2.38. The van der Waals surface area contributed by atoms with Crippen LogP contribution in [0.5, 0.6) is 0 Å². The molecule has 3 heterocycles. The molecular formula is C26H28F2N6O2. The summed E-state index contributed by atoms with van der Waals surface area (Å²) in [5, 5.41) is 12.4. The highest BCUT2D eigenvalue weighted by molar-refractivity contribution is 6.13. The Hall–Kier alpha value is -3.66. The third kappa shape index (κ3) is 4.48. The summed E-state index contributed by atoms with van der Waals surface area (Å²) < 4.78 is 28.8. The van der Waals surface area contributed by atoms with Gasteiger partial charge in [0, 0.05) is 45.3 Å². The number of aromatic nitrogens is 3. The van der Waals surface area contributed by atoms with Gasteiger partial charge in [-0.3, -0.25) is 15.0 Å². The van der Waals surface area contributed by atoms with Crippen molar-refractivity contribution < 1.29 is 13.7 Å². The second kappa shape index (κ2) is 9.77. The Morgan fingerprint density at radius 3 is 2.53 bits per heavy atom. The predicted octanol–water partition coefficient (Wildman–Crippen LogP) is 4.79. The second-order valence-electron chi connectivity index (χ2n) is 9.65. The highest BCUT2D eigenvalue weighted by atomic mass is 19.2. The van der Waals surface area contributed by atoms with Crippen molar-refractivity contribution >= 4 is 33.4 Å². The quantitative estimate of drug-likeness (QED) is 0.271. The first-order chi connectivity index (χ1) is 17.3. The summed E-state index contributed by atoms with van der Waals surface area (Å²) in [4.78, 5) is 25.1. The van der Waals surface area contributed by atoms with E-state index < -0.39 is 11.6 Å². The summed E-state index contributed by atoms with van der Waals surface area (Å²) in [6.07, 6.45) is 2.13. The van der Waals surface area contributed by atoms with Crippen LogP contribution in [0.3, 0.4) is 0 Å². The molecule has 1 aliphatic rings. The van der Waals surface area contributed by atoms with Crippen LogP contribution in [0.15, 0.2) is 42.7 Å². The largest absolute Gasteiger partial charge is 0.352 e. The second-order valence-corrected chi connectivity index (χ2v) is 9.65. The lowest BCUT2D eigenvalue weighted by atomic mass is 10.1. The minimum Gasteiger partial charge on any atom is -0.352 e. The number of hydrogen-bond acceptors (Lipinski definition) is 6. The lowest BCUT2D eigenvalue weighted by Gasteiger charge is -2.35. The minimum absolute atomic E-state index is 0.0479. The molecule has 188 valence electrons. The van der Waals surface area contributed by atoms with Gasteiger partial charge in [0.15, 0.2) is 17.5 Å². The maximum Gasteiger partial charge on any atom is 0.280 e. The van der Waals surface area contributed by atoms with Gasteiger partial charge in [-0.2, -0.15) is 0 Å². The summed E-state index contributed by atoms with van der Waals surface area (Å²) in [5.74, 6) is -0.540. The zero-order chi connectivity index (χ0) is 25.4. The molecule has 0 bridgehead atoms. The zero-order valence-corrected chi connectivity index (χ0v) is 20.3. The fourth-order valence-electron chi connectivity index (χ4n) is 5.02. The number of fused-ring (bicyclic) bond motifs is 3. The number of halogens is 2. The van der Waals surface area contributed by atoms with E-state index in [4.69, 9.17) is 0 Å². The van der Waals surface area contributed by atoms with Crippen molar-refractivity contribution in [3.8, 4) is 0 Å². The molecule has 1 fully saturated rings. The van der Waals surface area contributed by atoms with Crippen molar-refractivity contribution in [2.75, 3.05) is 37.6 Å². The number of benzene rings is 2. The molecule has 0 N–H and O–H groups in total. The lowest BCUT2D eigenvalue weighted by molar-refractivity contribution is -0.383. The summed E-state index contributed by atoms with van der Waals surface area (Å²) in [7, 11) is 0. The lowest BCUT2D eigenvalue weighted by Crippen LogP contribution is -2.47. The van der Waals surface area contributed by atoms with Gasteiger partial charge >= 0.3 is 0 Å². The van der Waals surface area contributed by atoms with Gasteiger partial charge in [-0.1, -0.05) is 26.0 Å². The molecule has 0 spiro atoms. The zero-order valence-electron chi connectivity index (χ0n) is 20.3. The number of rotatable bonds is 7. The van der Waals surface area contributed by atoms with E-state index in [-0.39, 0.29) is 10.6 Å². The van der Waals surface area contributed by atoms with Crippen LogP contribution in [0.1, 0.15) is 19.4 Å². The van der Waals surface area contributed by atoms with Crippen molar-refractivity contribution in [2.24, 2.45) is 5.92 Å². The van der Waals surface area contributed by atoms with Gasteiger partial charge in [0.25, 0.3) is 5.69 Å². The number of nitro benzene ring substituents is 1. The van der Waals surface area contributed by atoms with E-state index in [2.05, 4.69) is 38.2 Å². The van der Waals surface area contributed by atoms with Crippen LogP contribution in [-0.4, -0.2) is 57.1 Å². The Morgan fingerprint density at radius 1 is 1.06 bits per heavy atom. The summed E-state index contributed by atoms with van der Waals surface area (Å²) in [6.45, 7) is 8.71. The first-order valence-corrected chi connectivity index (χ1v) is 12.1. The third-order valence-corrected chi connectivity index (χ3v) is 6.74. The molecule has 2 aromatic carbocycles. The van der Waals surface area contributed by atoms with E-state index in [0.717, 1.165) is 55.1 Å². The number of piperazine rings is 1. The Kier molecular flexibility index (Phi) is 6.53. The van der Waals surface area contributed by atoms with Crippen LogP contribution in [-0.2, 0) is 13.0 Å². The summed E-state index contributed by atoms with van der Waals surface area (Å²) in [5.41, 5.74) is 3.04. The first-order valence-electron chi connectivity index (χ1n) is 12.1. The van der Waals surface area contributed by atoms with Gasteiger partial charge in [0.05, 0.1) is 10.4 Å². The molecule has 2 aromatic heterocycles. The molecule has 5 rings (SSSR count). The van der Waals surface area contributed by atoms with Crippen molar-refractivity contribution in [1.29, 1.82) is 0 Å². The molecule has 1 aliphatic heterocycles. The molecule has 0 saturated carbocycles. The highest BCUT2D eigenvalue weighted by Gasteiger charge is 2.27. The maximum absolute atomic E-state index is 13.5. The van der Waals surface area contributed by atoms with Crippen LogP contribution in [0, 0.1) is 27.7 Å². The molecule has 36 heavy (non-hydrogen) atoms. The fourth-order valence-corrected chi connectivity index (χ4v) is 5.02. The Bertz CT molecular complexity index is 1430. The average Bonchev–Trinajstić information content (AvgIpc) is 3.18. The van der Waals surface area contributed by atoms with E-state index in [1.165, 1.54) is 24.5 Å². The summed E-state index contributed by atoms with van der Waals surface area (Å²) in [6, 6.07) is 9.20. The van der Waals surface area contributed by atoms with Crippen LogP contribution >= 0.6 is 0 Å². The van der Waals surface area contributed by atoms with Crippen molar-refractivity contribution in [3.63, 3.8) is 0 Å². The van der Waals surface area contributed by atoms with Crippen LogP contribution in [0.25, 0.3) is 21.9 Å². The molecular weight excluding hydrogens is 466 g/mol. The number of non-ortho nitro benzene ring substituents is 1. The van der Waals surface area contributed by atoms with Crippen molar-refractivity contribution in [2.45, 2.75) is 26.8 Å². The van der Waals surface area contributed by atoms with Crippen LogP contribution in [0.4, 0.5) is 20.3 Å². The maximum atomic E-state index is 13.5. The SMILES string of the molecule is CC(C)Cn1c2cccc([N+](=O)[O-])c2c2ncnc(N3CCN(CCc4ccc(F)c(F)c4)CC3)c21. The molecule has 0 amide bonds. The van der Waals surface area contributed by atoms with E-state index >= 15 is 0 Å². The monoisotopic (exact) mass is 494 g/mol. The number of hydrogen-bond donors (Lipinski definition) is 0. The van der Waals surface area contributed by atoms with Gasteiger partial charge in [0.1, 0.15) is 22.7 Å². The molecule has 10 heteroatoms. The van der Waals surface area contributed by atoms with E-state index in [1.807, 2.05) is 6.07 Å². The van der Waals surface area contributed by atoms with E-state index in [0.29, 0.717) is 29.8 Å². The average molecular weight is 495 g/mol. The summed E-state index contributed by atoms with van der Waals surface area (Å²) >= 11 is 0. The van der Waals surface area contributed by atoms with Gasteiger partial charge in [-0.25, -0.2) is 18.7 Å². The Balaban J connectivity index is 1.42. The third-order valence-electron chi connectivity index (χ3n) is 6.74. The van der Waals surface area contributed by atoms with Gasteiger partial charge < -0.3 is 9.47 Å². The van der Waals surface area contributed by atoms with Crippen molar-refractivity contribution in [1.82, 2.24) is 19.4 Å². The number of anilines is 1. The molecule has 0 radical (unpaired) electrons. The number of nitro groups is 1. The smallest absolute Gasteiger partial charge is 0.280 e. The standard InChI is InChI=1S/C26H28F2N6O2/c1-17(2)15-33-21-4-3-5-22(34(35)36)23(21)24-25(33)26(30-16-29-24)32-12-10-31(11-13-32)9-8-18-6-7-19(27)20(28)14-18/h3-7,14,16-17H,8-13,15H2,1-2H3. The molecule has 0 atom stereocenters.